The van der Waals surface area contributed by atoms with Gasteiger partial charge in [0.1, 0.15) is 23.5 Å². The molecule has 0 spiro atoms. The first-order valence-electron chi connectivity index (χ1n) is 9.59. The van der Waals surface area contributed by atoms with E-state index in [1.54, 1.807) is 24.8 Å². The van der Waals surface area contributed by atoms with Crippen molar-refractivity contribution >= 4 is 21.2 Å². The Morgan fingerprint density at radius 2 is 2.00 bits per heavy atom. The van der Waals surface area contributed by atoms with E-state index in [-0.39, 0.29) is 17.8 Å². The Balaban J connectivity index is 1.70. The lowest BCUT2D eigenvalue weighted by atomic mass is 10.00. The molecule has 0 amide bonds. The van der Waals surface area contributed by atoms with Crippen molar-refractivity contribution in [3.8, 4) is 11.4 Å². The van der Waals surface area contributed by atoms with Crippen LogP contribution in [0.25, 0.3) is 17.0 Å². The molecule has 4 rings (SSSR count). The SMILES string of the molecule is CC1CCC(N=S(C)(C)=O)CN1c1cc(-c2cnc3ccc(C(F)F)nn23)ncn1. The number of fused-ring (bicyclic) bond motifs is 1. The van der Waals surface area contributed by atoms with Gasteiger partial charge in [-0.05, 0) is 31.9 Å². The zero-order valence-electron chi connectivity index (χ0n) is 16.9. The van der Waals surface area contributed by atoms with Gasteiger partial charge in [0, 0.05) is 40.9 Å². The Bertz CT molecular complexity index is 1180. The first kappa shape index (κ1) is 20.6. The second-order valence-electron chi connectivity index (χ2n) is 7.75. The molecule has 8 nitrogen and oxygen atoms in total. The minimum atomic E-state index is -2.67. The molecule has 0 aromatic carbocycles. The minimum Gasteiger partial charge on any atom is -0.352 e. The fourth-order valence-electron chi connectivity index (χ4n) is 3.67. The predicted octanol–water partition coefficient (Wildman–Crippen LogP) is 3.21. The van der Waals surface area contributed by atoms with Gasteiger partial charge in [0.25, 0.3) is 6.43 Å². The number of imidazole rings is 1. The maximum absolute atomic E-state index is 13.1. The van der Waals surface area contributed by atoms with E-state index < -0.39 is 16.2 Å². The average molecular weight is 436 g/mol. The number of aromatic nitrogens is 5. The topological polar surface area (TPSA) is 88.6 Å². The summed E-state index contributed by atoms with van der Waals surface area (Å²) in [5.74, 6) is 0.700. The number of halogens is 2. The molecule has 1 aliphatic rings. The van der Waals surface area contributed by atoms with Crippen molar-refractivity contribution in [2.45, 2.75) is 38.3 Å². The normalized spacial score (nSPS) is 20.1. The highest BCUT2D eigenvalue weighted by Gasteiger charge is 2.27. The fraction of sp³-hybridized carbons (Fsp3) is 0.474. The number of hydrogen-bond donors (Lipinski definition) is 0. The minimum absolute atomic E-state index is 0.0341. The molecule has 160 valence electrons. The van der Waals surface area contributed by atoms with Crippen molar-refractivity contribution in [2.24, 2.45) is 4.36 Å². The smallest absolute Gasteiger partial charge is 0.282 e. The molecule has 0 radical (unpaired) electrons. The first-order chi connectivity index (χ1) is 14.2. The summed E-state index contributed by atoms with van der Waals surface area (Å²) in [6.07, 6.45) is 5.39. The van der Waals surface area contributed by atoms with Gasteiger partial charge in [0.2, 0.25) is 0 Å². The molecule has 3 aromatic rings. The Labute approximate surface area is 173 Å². The van der Waals surface area contributed by atoms with Crippen LogP contribution in [0.1, 0.15) is 31.9 Å². The van der Waals surface area contributed by atoms with E-state index in [9.17, 15) is 13.0 Å². The van der Waals surface area contributed by atoms with Gasteiger partial charge in [-0.25, -0.2) is 32.6 Å². The lowest BCUT2D eigenvalue weighted by Gasteiger charge is -2.37. The van der Waals surface area contributed by atoms with Gasteiger partial charge in [-0.3, -0.25) is 4.21 Å². The van der Waals surface area contributed by atoms with Gasteiger partial charge in [-0.15, -0.1) is 0 Å². The van der Waals surface area contributed by atoms with E-state index in [1.807, 2.05) is 0 Å². The molecule has 1 saturated heterocycles. The van der Waals surface area contributed by atoms with E-state index in [4.69, 9.17) is 0 Å². The summed E-state index contributed by atoms with van der Waals surface area (Å²) in [6, 6.07) is 4.77. The summed E-state index contributed by atoms with van der Waals surface area (Å²) < 4.78 is 44.1. The predicted molar refractivity (Wildman–Crippen MR) is 111 cm³/mol. The summed E-state index contributed by atoms with van der Waals surface area (Å²) in [5.41, 5.74) is 1.17. The van der Waals surface area contributed by atoms with Crippen LogP contribution in [-0.4, -0.2) is 59.9 Å². The van der Waals surface area contributed by atoms with E-state index >= 15 is 0 Å². The molecule has 0 aliphatic carbocycles. The Morgan fingerprint density at radius 3 is 2.73 bits per heavy atom. The molecule has 2 unspecified atom stereocenters. The van der Waals surface area contributed by atoms with Gasteiger partial charge >= 0.3 is 0 Å². The van der Waals surface area contributed by atoms with Crippen LogP contribution in [0, 0.1) is 0 Å². The van der Waals surface area contributed by atoms with Crippen LogP contribution in [0.3, 0.4) is 0 Å². The molecule has 1 fully saturated rings. The average Bonchev–Trinajstić information content (AvgIpc) is 3.11. The lowest BCUT2D eigenvalue weighted by molar-refractivity contribution is 0.144. The van der Waals surface area contributed by atoms with Crippen molar-refractivity contribution in [2.75, 3.05) is 24.0 Å². The third-order valence-corrected chi connectivity index (χ3v) is 5.88. The quantitative estimate of drug-likeness (QED) is 0.625. The summed E-state index contributed by atoms with van der Waals surface area (Å²) in [4.78, 5) is 15.1. The van der Waals surface area contributed by atoms with Gasteiger partial charge < -0.3 is 4.90 Å². The van der Waals surface area contributed by atoms with E-state index in [0.29, 0.717) is 29.4 Å². The third-order valence-electron chi connectivity index (χ3n) is 5.08. The highest BCUT2D eigenvalue weighted by molar-refractivity contribution is 7.92. The molecule has 3 aromatic heterocycles. The van der Waals surface area contributed by atoms with Crippen LogP contribution >= 0.6 is 0 Å². The molecule has 30 heavy (non-hydrogen) atoms. The van der Waals surface area contributed by atoms with E-state index in [0.717, 1.165) is 12.8 Å². The Morgan fingerprint density at radius 1 is 1.20 bits per heavy atom. The zero-order valence-corrected chi connectivity index (χ0v) is 17.8. The van der Waals surface area contributed by atoms with Crippen LogP contribution in [0.15, 0.2) is 35.1 Å². The summed E-state index contributed by atoms with van der Waals surface area (Å²) in [5, 5.41) is 4.00. The van der Waals surface area contributed by atoms with Gasteiger partial charge in [0.15, 0.2) is 5.65 Å². The fourth-order valence-corrected chi connectivity index (χ4v) is 4.56. The summed E-state index contributed by atoms with van der Waals surface area (Å²) >= 11 is 0. The van der Waals surface area contributed by atoms with Crippen molar-refractivity contribution < 1.29 is 13.0 Å². The Hall–Kier alpha value is -2.69. The third kappa shape index (κ3) is 4.25. The molecule has 0 saturated carbocycles. The summed E-state index contributed by atoms with van der Waals surface area (Å²) in [6.45, 7) is 2.72. The number of anilines is 1. The van der Waals surface area contributed by atoms with Crippen molar-refractivity contribution in [3.05, 3.63) is 36.4 Å². The molecule has 4 heterocycles. The molecule has 2 atom stereocenters. The standard InChI is InChI=1S/C19H23F2N7OS/c1-12-4-5-13(26-30(2,3)29)10-27(12)18-8-15(23-11-24-18)16-9-22-17-7-6-14(19(20)21)25-28(16)17/h6-9,11-13,19H,4-5,10H2,1-3H3. The van der Waals surface area contributed by atoms with Gasteiger partial charge in [-0.2, -0.15) is 5.10 Å². The van der Waals surface area contributed by atoms with E-state index in [1.165, 1.54) is 23.0 Å². The first-order valence-corrected chi connectivity index (χ1v) is 11.9. The number of hydrogen-bond acceptors (Lipinski definition) is 7. The number of alkyl halides is 2. The second kappa shape index (κ2) is 7.86. The van der Waals surface area contributed by atoms with Crippen molar-refractivity contribution in [3.63, 3.8) is 0 Å². The van der Waals surface area contributed by atoms with Crippen LogP contribution in [-0.2, 0) is 9.73 Å². The highest BCUT2D eigenvalue weighted by Crippen LogP contribution is 2.28. The van der Waals surface area contributed by atoms with Gasteiger partial charge in [-0.1, -0.05) is 0 Å². The van der Waals surface area contributed by atoms with Crippen LogP contribution in [0.2, 0.25) is 0 Å². The molecule has 0 N–H and O–H groups in total. The van der Waals surface area contributed by atoms with Crippen molar-refractivity contribution in [1.82, 2.24) is 24.6 Å². The molecule has 0 bridgehead atoms. The molecule has 11 heteroatoms. The maximum Gasteiger partial charge on any atom is 0.282 e. The number of piperidine rings is 1. The van der Waals surface area contributed by atoms with Gasteiger partial charge in [0.05, 0.1) is 17.9 Å². The highest BCUT2D eigenvalue weighted by atomic mass is 32.2. The van der Waals surface area contributed by atoms with Crippen LogP contribution < -0.4 is 4.90 Å². The number of nitrogens with zero attached hydrogens (tertiary/aromatic N) is 7. The second-order valence-corrected chi connectivity index (χ2v) is 10.3. The molecule has 1 aliphatic heterocycles. The van der Waals surface area contributed by atoms with Crippen molar-refractivity contribution in [1.29, 1.82) is 0 Å². The molecular weight excluding hydrogens is 412 g/mol. The lowest BCUT2D eigenvalue weighted by Crippen LogP contribution is -2.44. The van der Waals surface area contributed by atoms with Crippen LogP contribution in [0.4, 0.5) is 14.6 Å². The Kier molecular flexibility index (Phi) is 5.39. The summed E-state index contributed by atoms with van der Waals surface area (Å²) in [7, 11) is -2.19. The largest absolute Gasteiger partial charge is 0.352 e. The zero-order chi connectivity index (χ0) is 21.5. The maximum atomic E-state index is 13.1. The molecular formula is C19H23F2N7OS. The monoisotopic (exact) mass is 435 g/mol. The van der Waals surface area contributed by atoms with E-state index in [2.05, 4.69) is 36.2 Å². The number of rotatable bonds is 4. The van der Waals surface area contributed by atoms with Crippen LogP contribution in [0.5, 0.6) is 0 Å².